The predicted octanol–water partition coefficient (Wildman–Crippen LogP) is 3.12. The number of nitrogens with zero attached hydrogens (tertiary/aromatic N) is 1. The minimum absolute atomic E-state index is 0.0103. The summed E-state index contributed by atoms with van der Waals surface area (Å²) >= 11 is 1.51. The lowest BCUT2D eigenvalue weighted by Crippen LogP contribution is -2.47. The summed E-state index contributed by atoms with van der Waals surface area (Å²) in [5.41, 5.74) is 1.36. The topological polar surface area (TPSA) is 61.4 Å². The van der Waals surface area contributed by atoms with Gasteiger partial charge in [0.25, 0.3) is 5.91 Å². The Balaban J connectivity index is 1.58. The number of nitrogens with one attached hydrogen (secondary N) is 2. The Labute approximate surface area is 153 Å². The van der Waals surface area contributed by atoms with Crippen LogP contribution in [0, 0.1) is 0 Å². The van der Waals surface area contributed by atoms with Crippen LogP contribution in [0.4, 0.5) is 5.69 Å². The summed E-state index contributed by atoms with van der Waals surface area (Å²) in [5.74, 6) is 0.367. The van der Waals surface area contributed by atoms with Gasteiger partial charge >= 0.3 is 0 Å². The Kier molecular flexibility index (Phi) is 6.37. The minimum atomic E-state index is -0.0614. The summed E-state index contributed by atoms with van der Waals surface area (Å²) in [7, 11) is 0. The molecule has 2 amide bonds. The van der Waals surface area contributed by atoms with Gasteiger partial charge < -0.3 is 10.6 Å². The molecule has 2 N–H and O–H groups in total. The van der Waals surface area contributed by atoms with Crippen LogP contribution >= 0.6 is 11.8 Å². The van der Waals surface area contributed by atoms with Gasteiger partial charge in [0, 0.05) is 23.0 Å². The lowest BCUT2D eigenvalue weighted by atomic mass is 10.0. The van der Waals surface area contributed by atoms with Gasteiger partial charge in [-0.1, -0.05) is 19.8 Å². The number of amides is 2. The summed E-state index contributed by atoms with van der Waals surface area (Å²) in [4.78, 5) is 27.6. The van der Waals surface area contributed by atoms with Crippen LogP contribution in [0.2, 0.25) is 0 Å². The second kappa shape index (κ2) is 8.72. The Morgan fingerprint density at radius 1 is 1.40 bits per heavy atom. The monoisotopic (exact) mass is 361 g/mol. The molecule has 5 nitrogen and oxygen atoms in total. The highest BCUT2D eigenvalue weighted by molar-refractivity contribution is 8.00. The maximum Gasteiger partial charge on any atom is 0.251 e. The van der Waals surface area contributed by atoms with Crippen molar-refractivity contribution in [3.8, 4) is 0 Å². The molecule has 2 heterocycles. The molecule has 3 rings (SSSR count). The van der Waals surface area contributed by atoms with E-state index in [1.165, 1.54) is 37.4 Å². The van der Waals surface area contributed by atoms with Gasteiger partial charge in [-0.3, -0.25) is 14.5 Å². The van der Waals surface area contributed by atoms with Gasteiger partial charge in [-0.05, 0) is 50.6 Å². The molecule has 1 aromatic rings. The fourth-order valence-electron chi connectivity index (χ4n) is 3.48. The maximum atomic E-state index is 12.5. The summed E-state index contributed by atoms with van der Waals surface area (Å²) in [5, 5.41) is 5.94. The summed E-state index contributed by atoms with van der Waals surface area (Å²) < 4.78 is 0. The molecule has 136 valence electrons. The Hall–Kier alpha value is -1.53. The lowest BCUT2D eigenvalue weighted by Gasteiger charge is -2.35. The van der Waals surface area contributed by atoms with Crippen molar-refractivity contribution in [2.45, 2.75) is 50.0 Å². The normalized spacial score (nSPS) is 20.7. The first-order valence-corrected chi connectivity index (χ1v) is 10.2. The van der Waals surface area contributed by atoms with Gasteiger partial charge in [-0.15, -0.1) is 11.8 Å². The number of anilines is 1. The van der Waals surface area contributed by atoms with Crippen LogP contribution in [0.5, 0.6) is 0 Å². The molecule has 0 bridgehead atoms. The van der Waals surface area contributed by atoms with Crippen molar-refractivity contribution in [1.82, 2.24) is 10.2 Å². The first-order valence-electron chi connectivity index (χ1n) is 9.26. The highest BCUT2D eigenvalue weighted by Gasteiger charge is 2.23. The van der Waals surface area contributed by atoms with Crippen molar-refractivity contribution in [3.63, 3.8) is 0 Å². The van der Waals surface area contributed by atoms with Crippen molar-refractivity contribution in [2.24, 2.45) is 0 Å². The van der Waals surface area contributed by atoms with Crippen LogP contribution in [0.3, 0.4) is 0 Å². The number of fused-ring (bicyclic) bond motifs is 1. The number of carbonyl (C=O) groups is 2. The van der Waals surface area contributed by atoms with E-state index in [2.05, 4.69) is 22.5 Å². The maximum absolute atomic E-state index is 12.5. The zero-order chi connectivity index (χ0) is 17.6. The zero-order valence-corrected chi connectivity index (χ0v) is 15.7. The van der Waals surface area contributed by atoms with Crippen LogP contribution in [-0.2, 0) is 4.79 Å². The third-order valence-electron chi connectivity index (χ3n) is 4.92. The zero-order valence-electron chi connectivity index (χ0n) is 14.8. The minimum Gasteiger partial charge on any atom is -0.350 e. The number of thioether (sulfide) groups is 1. The number of rotatable bonds is 6. The third kappa shape index (κ3) is 4.76. The van der Waals surface area contributed by atoms with E-state index in [1.54, 1.807) is 6.07 Å². The number of hydrogen-bond donors (Lipinski definition) is 2. The van der Waals surface area contributed by atoms with E-state index in [4.69, 9.17) is 0 Å². The lowest BCUT2D eigenvalue weighted by molar-refractivity contribution is -0.113. The van der Waals surface area contributed by atoms with E-state index in [9.17, 15) is 9.59 Å². The Bertz CT molecular complexity index is 635. The molecule has 1 atom stereocenters. The molecule has 0 aliphatic carbocycles. The van der Waals surface area contributed by atoms with Crippen molar-refractivity contribution in [1.29, 1.82) is 0 Å². The second-order valence-electron chi connectivity index (χ2n) is 6.80. The fourth-order valence-corrected chi connectivity index (χ4v) is 4.27. The van der Waals surface area contributed by atoms with Gasteiger partial charge in [-0.25, -0.2) is 0 Å². The predicted molar refractivity (Wildman–Crippen MR) is 102 cm³/mol. The molecule has 6 heteroatoms. The molecule has 0 spiro atoms. The number of carbonyl (C=O) groups excluding carboxylic acids is 2. The Morgan fingerprint density at radius 3 is 3.12 bits per heavy atom. The fraction of sp³-hybridized carbons (Fsp3) is 0.579. The quantitative estimate of drug-likeness (QED) is 0.817. The molecule has 25 heavy (non-hydrogen) atoms. The number of benzene rings is 1. The van der Waals surface area contributed by atoms with E-state index < -0.39 is 0 Å². The first-order chi connectivity index (χ1) is 12.2. The summed E-state index contributed by atoms with van der Waals surface area (Å²) in [6.45, 7) is 5.18. The van der Waals surface area contributed by atoms with Gasteiger partial charge in [-0.2, -0.15) is 0 Å². The molecule has 1 saturated heterocycles. The van der Waals surface area contributed by atoms with Crippen LogP contribution in [0.25, 0.3) is 0 Å². The highest BCUT2D eigenvalue weighted by atomic mass is 32.2. The number of likely N-dealkylation sites (tertiary alicyclic amines) is 1. The molecule has 0 radical (unpaired) electrons. The number of piperidine rings is 1. The molecular weight excluding hydrogens is 334 g/mol. The molecule has 1 aromatic carbocycles. The Morgan fingerprint density at radius 2 is 2.28 bits per heavy atom. The number of hydrogen-bond acceptors (Lipinski definition) is 4. The molecule has 0 aromatic heterocycles. The summed E-state index contributed by atoms with van der Waals surface area (Å²) in [6.07, 6.45) is 6.07. The van der Waals surface area contributed by atoms with Gasteiger partial charge in [0.2, 0.25) is 5.91 Å². The first kappa shape index (κ1) is 18.3. The highest BCUT2D eigenvalue weighted by Crippen LogP contribution is 2.31. The largest absolute Gasteiger partial charge is 0.350 e. The van der Waals surface area contributed by atoms with Crippen molar-refractivity contribution >= 4 is 29.3 Å². The number of unbranched alkanes of at least 4 members (excludes halogenated alkanes) is 1. The van der Waals surface area contributed by atoms with Gasteiger partial charge in [0.05, 0.1) is 11.4 Å². The van der Waals surface area contributed by atoms with Crippen molar-refractivity contribution < 1.29 is 9.59 Å². The van der Waals surface area contributed by atoms with Crippen molar-refractivity contribution in [3.05, 3.63) is 23.8 Å². The average Bonchev–Trinajstić information content (AvgIpc) is 2.64. The molecular formula is C19H27N3O2S. The van der Waals surface area contributed by atoms with E-state index >= 15 is 0 Å². The molecule has 2 aliphatic rings. The molecule has 0 saturated carbocycles. The third-order valence-corrected chi connectivity index (χ3v) is 5.99. The molecule has 1 fully saturated rings. The van der Waals surface area contributed by atoms with E-state index in [1.807, 2.05) is 12.1 Å². The van der Waals surface area contributed by atoms with Crippen LogP contribution < -0.4 is 10.6 Å². The SMILES string of the molecule is CCCCN1CCCCC1CNC(=O)c1ccc2c(c1)NC(=O)CS2. The second-order valence-corrected chi connectivity index (χ2v) is 7.81. The average molecular weight is 362 g/mol. The van der Waals surface area contributed by atoms with E-state index in [0.29, 0.717) is 23.9 Å². The van der Waals surface area contributed by atoms with Gasteiger partial charge in [0.15, 0.2) is 0 Å². The smallest absolute Gasteiger partial charge is 0.251 e. The van der Waals surface area contributed by atoms with Gasteiger partial charge in [0.1, 0.15) is 0 Å². The molecule has 2 aliphatic heterocycles. The standard InChI is InChI=1S/C19H27N3O2S/c1-2-3-9-22-10-5-4-6-15(22)12-20-19(24)14-7-8-17-16(11-14)21-18(23)13-25-17/h7-8,11,15H,2-6,9-10,12-13H2,1H3,(H,20,24)(H,21,23). The van der Waals surface area contributed by atoms with Crippen LogP contribution in [-0.4, -0.2) is 48.1 Å². The van der Waals surface area contributed by atoms with Crippen molar-refractivity contribution in [2.75, 3.05) is 30.7 Å². The summed E-state index contributed by atoms with van der Waals surface area (Å²) in [6, 6.07) is 5.98. The molecule has 1 unspecified atom stereocenters. The van der Waals surface area contributed by atoms with Crippen LogP contribution in [0.1, 0.15) is 49.4 Å². The van der Waals surface area contributed by atoms with E-state index in [-0.39, 0.29) is 11.8 Å². The van der Waals surface area contributed by atoms with Crippen LogP contribution in [0.15, 0.2) is 23.1 Å². The van der Waals surface area contributed by atoms with E-state index in [0.717, 1.165) is 30.1 Å².